The molecule has 6 aromatic carbocycles. The Morgan fingerprint density at radius 2 is 0.869 bits per heavy atom. The molecule has 1 atom stereocenters. The number of nitrogens with one attached hydrogen (secondary N) is 4. The second-order valence-electron chi connectivity index (χ2n) is 20.9. The smallest absolute Gasteiger partial charge is 0.250 e. The molecule has 1 unspecified atom stereocenters. The van der Waals surface area contributed by atoms with Crippen LogP contribution in [0.15, 0.2) is 176 Å². The van der Waals surface area contributed by atoms with Crippen molar-refractivity contribution in [1.82, 2.24) is 30.2 Å². The average molecular weight is 1310 g/mol. The molecular formula is C60H62Br2N10O10S2. The van der Waals surface area contributed by atoms with E-state index < -0.39 is 54.8 Å². The maximum Gasteiger partial charge on any atom is 0.250 e. The summed E-state index contributed by atoms with van der Waals surface area (Å²) in [5.74, 6) is -1.81. The van der Waals surface area contributed by atoms with Crippen LogP contribution in [0.5, 0.6) is 0 Å². The highest BCUT2D eigenvalue weighted by molar-refractivity contribution is 9.10. The Morgan fingerprint density at radius 1 is 0.512 bits per heavy atom. The number of halogens is 2. The van der Waals surface area contributed by atoms with Crippen LogP contribution in [0, 0.1) is 0 Å². The van der Waals surface area contributed by atoms with Crippen LogP contribution < -0.4 is 31.5 Å². The lowest BCUT2D eigenvalue weighted by Gasteiger charge is -2.38. The number of carbonyl (C=O) groups excluding carboxylic acids is 4. The van der Waals surface area contributed by atoms with Crippen LogP contribution in [-0.4, -0.2) is 97.5 Å². The van der Waals surface area contributed by atoms with Gasteiger partial charge in [0.25, 0.3) is 0 Å². The third kappa shape index (κ3) is 17.4. The molecule has 0 saturated heterocycles. The van der Waals surface area contributed by atoms with Gasteiger partial charge in [-0.1, -0.05) is 87.3 Å². The highest BCUT2D eigenvalue weighted by atomic mass is 79.9. The predicted molar refractivity (Wildman–Crippen MR) is 327 cm³/mol. The van der Waals surface area contributed by atoms with Gasteiger partial charge in [-0.05, 0) is 154 Å². The fourth-order valence-electron chi connectivity index (χ4n) is 9.39. The molecule has 24 heteroatoms. The number of nitrogens with two attached hydrogens (primary N) is 2. The van der Waals surface area contributed by atoms with Crippen molar-refractivity contribution >= 4 is 86.9 Å². The molecule has 0 spiro atoms. The maximum atomic E-state index is 13.1. The Bertz CT molecular complexity index is 3880. The van der Waals surface area contributed by atoms with Crippen LogP contribution in [0.1, 0.15) is 63.1 Å². The van der Waals surface area contributed by atoms with Gasteiger partial charge in [0.2, 0.25) is 43.7 Å². The zero-order valence-corrected chi connectivity index (χ0v) is 51.1. The van der Waals surface area contributed by atoms with Gasteiger partial charge in [0.15, 0.2) is 0 Å². The Morgan fingerprint density at radius 3 is 1.23 bits per heavy atom. The molecule has 0 aliphatic carbocycles. The number of sulfonamides is 2. The van der Waals surface area contributed by atoms with Crippen LogP contribution in [0.4, 0.5) is 11.4 Å². The Hall–Kier alpha value is -7.68. The monoisotopic (exact) mass is 1300 g/mol. The van der Waals surface area contributed by atoms with Crippen molar-refractivity contribution in [3.05, 3.63) is 189 Å². The first-order valence-corrected chi connectivity index (χ1v) is 31.0. The number of rotatable bonds is 25. The highest BCUT2D eigenvalue weighted by Gasteiger charge is 2.34. The van der Waals surface area contributed by atoms with Crippen molar-refractivity contribution in [1.29, 1.82) is 0 Å². The summed E-state index contributed by atoms with van der Waals surface area (Å²) in [7, 11) is -7.74. The normalized spacial score (nSPS) is 12.5. The maximum absolute atomic E-state index is 13.1. The van der Waals surface area contributed by atoms with E-state index in [1.54, 1.807) is 57.9 Å². The van der Waals surface area contributed by atoms with E-state index in [2.05, 4.69) is 53.1 Å². The number of aromatic nitrogens is 4. The first kappa shape index (κ1) is 62.4. The molecule has 0 aliphatic heterocycles. The van der Waals surface area contributed by atoms with Gasteiger partial charge < -0.3 is 30.7 Å². The van der Waals surface area contributed by atoms with Crippen LogP contribution >= 0.6 is 31.9 Å². The summed E-state index contributed by atoms with van der Waals surface area (Å²) in [5.41, 5.74) is 7.47. The lowest BCUT2D eigenvalue weighted by atomic mass is 9.83. The van der Waals surface area contributed by atoms with Gasteiger partial charge in [0.05, 0.1) is 43.9 Å². The van der Waals surface area contributed by atoms with E-state index in [0.29, 0.717) is 48.4 Å². The van der Waals surface area contributed by atoms with Gasteiger partial charge >= 0.3 is 0 Å². The van der Waals surface area contributed by atoms with Crippen LogP contribution in [-0.2, 0) is 61.5 Å². The van der Waals surface area contributed by atoms with Gasteiger partial charge in [-0.2, -0.15) is 10.2 Å². The van der Waals surface area contributed by atoms with Gasteiger partial charge in [0, 0.05) is 55.4 Å². The SMILES string of the molecule is CCC(C)(CC(C)(C)NC(=O)COCC(=O)Nc1ccc(Cc2cc(-c3ccc(Br)cc3)n(-c3ccc(S(N)(=O)=O)cc3)n2)cc1)NC(=O)COCC(=O)Nc1ccc(Cc2cc(-c3ccc(Br)cc3)n(-c3ccc(S(N)(=O)=O)cc3)n2)cc1. The highest BCUT2D eigenvalue weighted by Crippen LogP contribution is 2.30. The van der Waals surface area contributed by atoms with Crippen molar-refractivity contribution < 1.29 is 45.5 Å². The molecular weight excluding hydrogens is 1240 g/mol. The number of nitrogens with zero attached hydrogens (tertiary/aromatic N) is 4. The molecule has 2 heterocycles. The van der Waals surface area contributed by atoms with E-state index in [0.717, 1.165) is 54.0 Å². The number of carbonyl (C=O) groups is 4. The van der Waals surface area contributed by atoms with Gasteiger partial charge in [-0.15, -0.1) is 0 Å². The van der Waals surface area contributed by atoms with E-state index in [4.69, 9.17) is 29.9 Å². The fourth-order valence-corrected chi connectivity index (χ4v) is 11.0. The van der Waals surface area contributed by atoms with E-state index >= 15 is 0 Å². The lowest BCUT2D eigenvalue weighted by molar-refractivity contribution is -0.130. The van der Waals surface area contributed by atoms with E-state index in [9.17, 15) is 36.0 Å². The number of ether oxygens (including phenoxy) is 2. The average Bonchev–Trinajstić information content (AvgIpc) is 3.30. The number of hydrogen-bond donors (Lipinski definition) is 6. The van der Waals surface area contributed by atoms with Crippen LogP contribution in [0.25, 0.3) is 33.9 Å². The minimum atomic E-state index is -3.87. The summed E-state index contributed by atoms with van der Waals surface area (Å²) >= 11 is 6.96. The van der Waals surface area contributed by atoms with Crippen LogP contribution in [0.2, 0.25) is 0 Å². The molecule has 0 saturated carbocycles. The first-order valence-electron chi connectivity index (χ1n) is 26.3. The van der Waals surface area contributed by atoms with Gasteiger partial charge in [0.1, 0.15) is 26.4 Å². The second-order valence-corrected chi connectivity index (χ2v) is 25.8. The van der Waals surface area contributed by atoms with Crippen molar-refractivity contribution in [3.63, 3.8) is 0 Å². The van der Waals surface area contributed by atoms with Crippen molar-refractivity contribution in [3.8, 4) is 33.9 Å². The van der Waals surface area contributed by atoms with E-state index in [1.165, 1.54) is 24.3 Å². The lowest BCUT2D eigenvalue weighted by Crippen LogP contribution is -2.56. The zero-order valence-electron chi connectivity index (χ0n) is 46.3. The molecule has 8 aromatic rings. The molecule has 2 aromatic heterocycles. The summed E-state index contributed by atoms with van der Waals surface area (Å²) in [5, 5.41) is 31.8. The molecule has 0 fully saturated rings. The standard InChI is InChI=1S/C60H62Br2N10O10S2/c1-5-60(4,68-58(76)37-82-35-56(74)66-46-20-8-40(9-21-46)31-48-33-54(42-12-16-44(62)17-13-42)72(70-48)50-24-28-52(29-25-50)84(64,79)80)38-59(2,3)67-57(75)36-81-34-55(73)65-45-18-6-39(7-19-45)30-47-32-53(41-10-14-43(61)15-11-41)71(69-47)49-22-26-51(27-23-49)83(63,77)78/h6-29,32-33H,5,30-31,34-38H2,1-4H3,(H,65,73)(H,66,74)(H,67,75)(H,68,76)(H2,63,77,78)(H2,64,79,80). The van der Waals surface area contributed by atoms with Crippen LogP contribution in [0.3, 0.4) is 0 Å². The van der Waals surface area contributed by atoms with E-state index in [-0.39, 0.29) is 36.2 Å². The quantitative estimate of drug-likeness (QED) is 0.0314. The largest absolute Gasteiger partial charge is 0.362 e. The summed E-state index contributed by atoms with van der Waals surface area (Å²) in [6.07, 6.45) is 1.76. The molecule has 0 radical (unpaired) electrons. The minimum absolute atomic E-state index is 0.00829. The number of amides is 4. The van der Waals surface area contributed by atoms with Crippen molar-refractivity contribution in [2.24, 2.45) is 10.3 Å². The second kappa shape index (κ2) is 26.9. The summed E-state index contributed by atoms with van der Waals surface area (Å²) in [4.78, 5) is 51.8. The van der Waals surface area contributed by atoms with Crippen molar-refractivity contribution in [2.45, 2.75) is 74.2 Å². The summed E-state index contributed by atoms with van der Waals surface area (Å²) < 4.78 is 63.8. The Balaban J connectivity index is 0.748. The topological polar surface area (TPSA) is 291 Å². The molecule has 438 valence electrons. The summed E-state index contributed by atoms with van der Waals surface area (Å²) in [6.45, 7) is 5.86. The fraction of sp³-hybridized carbons (Fsp3) is 0.233. The van der Waals surface area contributed by atoms with Gasteiger partial charge in [-0.3, -0.25) is 19.2 Å². The zero-order chi connectivity index (χ0) is 60.4. The van der Waals surface area contributed by atoms with Gasteiger partial charge in [-0.25, -0.2) is 36.5 Å². The first-order chi connectivity index (χ1) is 39.8. The predicted octanol–water partition coefficient (Wildman–Crippen LogP) is 8.57. The minimum Gasteiger partial charge on any atom is -0.362 e. The third-order valence-electron chi connectivity index (χ3n) is 13.3. The molecule has 20 nitrogen and oxygen atoms in total. The molecule has 4 amide bonds. The number of anilines is 2. The molecule has 0 aliphatic rings. The number of primary sulfonamides is 2. The Labute approximate surface area is 504 Å². The van der Waals surface area contributed by atoms with E-state index in [1.807, 2.05) is 113 Å². The summed E-state index contributed by atoms with van der Waals surface area (Å²) in [6, 6.07) is 46.2. The Kier molecular flexibility index (Phi) is 20.0. The number of benzene rings is 6. The molecule has 8 N–H and O–H groups in total. The van der Waals surface area contributed by atoms with Crippen molar-refractivity contribution in [2.75, 3.05) is 37.1 Å². The molecule has 0 bridgehead atoms. The number of hydrogen-bond acceptors (Lipinski definition) is 12. The molecule has 8 rings (SSSR count). The third-order valence-corrected chi connectivity index (χ3v) is 16.2. The molecule has 84 heavy (non-hydrogen) atoms.